The van der Waals surface area contributed by atoms with Crippen LogP contribution < -0.4 is 14.8 Å². The van der Waals surface area contributed by atoms with E-state index in [9.17, 15) is 4.79 Å². The van der Waals surface area contributed by atoms with Crippen molar-refractivity contribution < 1.29 is 19.0 Å². The minimum absolute atomic E-state index is 0.273. The van der Waals surface area contributed by atoms with Gasteiger partial charge >= 0.3 is 0 Å². The lowest BCUT2D eigenvalue weighted by molar-refractivity contribution is 0.0958. The summed E-state index contributed by atoms with van der Waals surface area (Å²) in [5.41, 5.74) is 1.01. The van der Waals surface area contributed by atoms with E-state index in [2.05, 4.69) is 16.9 Å². The van der Waals surface area contributed by atoms with E-state index >= 15 is 0 Å². The van der Waals surface area contributed by atoms with Crippen LogP contribution in [0.25, 0.3) is 5.76 Å². The van der Waals surface area contributed by atoms with Gasteiger partial charge in [-0.05, 0) is 18.2 Å². The van der Waals surface area contributed by atoms with Gasteiger partial charge in [-0.2, -0.15) is 0 Å². The molecule has 0 saturated heterocycles. The van der Waals surface area contributed by atoms with Gasteiger partial charge in [-0.1, -0.05) is 6.58 Å². The van der Waals surface area contributed by atoms with Crippen molar-refractivity contribution in [3.05, 3.63) is 54.4 Å². The van der Waals surface area contributed by atoms with Crippen LogP contribution in [0.5, 0.6) is 17.2 Å². The molecule has 0 radical (unpaired) electrons. The van der Waals surface area contributed by atoms with Crippen molar-refractivity contribution in [2.75, 3.05) is 21.3 Å². The molecule has 120 valence electrons. The zero-order valence-corrected chi connectivity index (χ0v) is 13.3. The monoisotopic (exact) mass is 314 g/mol. The predicted molar refractivity (Wildman–Crippen MR) is 86.7 cm³/mol. The Kier molecular flexibility index (Phi) is 5.19. The number of rotatable bonds is 6. The van der Waals surface area contributed by atoms with Gasteiger partial charge < -0.3 is 19.5 Å². The molecule has 0 spiro atoms. The van der Waals surface area contributed by atoms with E-state index in [4.69, 9.17) is 14.2 Å². The van der Waals surface area contributed by atoms with Crippen LogP contribution in [0.3, 0.4) is 0 Å². The third-order valence-corrected chi connectivity index (χ3v) is 3.11. The molecule has 6 heteroatoms. The fraction of sp³-hybridized carbons (Fsp3) is 0.176. The maximum absolute atomic E-state index is 11.6. The molecule has 1 aromatic heterocycles. The molecule has 0 saturated carbocycles. The molecule has 0 atom stereocenters. The lowest BCUT2D eigenvalue weighted by Gasteiger charge is -2.12. The molecule has 2 aromatic rings. The Hall–Kier alpha value is -3.02. The van der Waals surface area contributed by atoms with E-state index in [1.165, 1.54) is 6.20 Å². The number of hydrogen-bond acceptors (Lipinski definition) is 5. The number of nitrogens with one attached hydrogen (secondary N) is 1. The number of ether oxygens (including phenoxy) is 3. The van der Waals surface area contributed by atoms with E-state index in [0.29, 0.717) is 23.0 Å². The van der Waals surface area contributed by atoms with Gasteiger partial charge in [0.2, 0.25) is 0 Å². The van der Waals surface area contributed by atoms with Crippen molar-refractivity contribution in [2.24, 2.45) is 0 Å². The van der Waals surface area contributed by atoms with E-state index in [-0.39, 0.29) is 11.6 Å². The van der Waals surface area contributed by atoms with E-state index in [1.54, 1.807) is 51.6 Å². The van der Waals surface area contributed by atoms with Gasteiger partial charge in [0.1, 0.15) is 28.7 Å². The summed E-state index contributed by atoms with van der Waals surface area (Å²) >= 11 is 0. The number of carbonyl (C=O) groups is 1. The molecule has 1 amide bonds. The molecule has 0 aliphatic rings. The van der Waals surface area contributed by atoms with Gasteiger partial charge in [-0.25, -0.2) is 0 Å². The van der Waals surface area contributed by atoms with Crippen molar-refractivity contribution in [3.8, 4) is 17.2 Å². The van der Waals surface area contributed by atoms with Crippen LogP contribution in [-0.2, 0) is 4.74 Å². The zero-order chi connectivity index (χ0) is 16.8. The number of pyridine rings is 1. The Morgan fingerprint density at radius 2 is 1.87 bits per heavy atom. The molecule has 6 nitrogen and oxygen atoms in total. The molecule has 0 aliphatic heterocycles. The van der Waals surface area contributed by atoms with Crippen molar-refractivity contribution in [1.29, 1.82) is 0 Å². The molecule has 23 heavy (non-hydrogen) atoms. The fourth-order valence-electron chi connectivity index (χ4n) is 1.89. The van der Waals surface area contributed by atoms with E-state index in [1.807, 2.05) is 0 Å². The number of benzene rings is 1. The van der Waals surface area contributed by atoms with E-state index < -0.39 is 0 Å². The van der Waals surface area contributed by atoms with Crippen molar-refractivity contribution in [1.82, 2.24) is 10.3 Å². The number of aromatic nitrogens is 1. The molecule has 0 fully saturated rings. The first-order valence-corrected chi connectivity index (χ1v) is 6.85. The summed E-state index contributed by atoms with van der Waals surface area (Å²) in [6, 6.07) is 8.52. The van der Waals surface area contributed by atoms with Crippen LogP contribution in [0.2, 0.25) is 0 Å². The Bertz CT molecular complexity index is 728. The summed E-state index contributed by atoms with van der Waals surface area (Å²) < 4.78 is 16.2. The van der Waals surface area contributed by atoms with Crippen LogP contribution in [0.4, 0.5) is 0 Å². The Morgan fingerprint density at radius 3 is 2.52 bits per heavy atom. The SMILES string of the molecule is C=C(OC)c1cc(OC)cc(Oc2ccnc(C(=O)NC)c2)c1. The van der Waals surface area contributed by atoms with Crippen LogP contribution in [0.15, 0.2) is 43.1 Å². The van der Waals surface area contributed by atoms with Gasteiger partial charge in [0.15, 0.2) is 0 Å². The summed E-state index contributed by atoms with van der Waals surface area (Å²) in [6.45, 7) is 3.82. The van der Waals surface area contributed by atoms with Crippen molar-refractivity contribution in [2.45, 2.75) is 0 Å². The largest absolute Gasteiger partial charge is 0.497 e. The quantitative estimate of drug-likeness (QED) is 0.830. The highest BCUT2D eigenvalue weighted by molar-refractivity contribution is 5.92. The molecule has 1 N–H and O–H groups in total. The minimum atomic E-state index is -0.283. The van der Waals surface area contributed by atoms with E-state index in [0.717, 1.165) is 5.56 Å². The third-order valence-electron chi connectivity index (χ3n) is 3.11. The first-order valence-electron chi connectivity index (χ1n) is 6.85. The van der Waals surface area contributed by atoms with Crippen LogP contribution in [0, 0.1) is 0 Å². The summed E-state index contributed by atoms with van der Waals surface area (Å²) in [7, 11) is 4.65. The highest BCUT2D eigenvalue weighted by atomic mass is 16.5. The molecular formula is C17H18N2O4. The maximum atomic E-state index is 11.6. The molecule has 1 heterocycles. The van der Waals surface area contributed by atoms with Crippen molar-refractivity contribution >= 4 is 11.7 Å². The van der Waals surface area contributed by atoms with Gasteiger partial charge in [0.25, 0.3) is 5.91 Å². The fourth-order valence-corrected chi connectivity index (χ4v) is 1.89. The Labute approximate surface area is 134 Å². The highest BCUT2D eigenvalue weighted by Crippen LogP contribution is 2.30. The Balaban J connectivity index is 2.32. The maximum Gasteiger partial charge on any atom is 0.269 e. The summed E-state index contributed by atoms with van der Waals surface area (Å²) in [6.07, 6.45) is 1.51. The summed E-state index contributed by atoms with van der Waals surface area (Å²) in [5.74, 6) is 1.84. The second-order valence-electron chi connectivity index (χ2n) is 4.58. The number of hydrogen-bond donors (Lipinski definition) is 1. The first kappa shape index (κ1) is 16.4. The van der Waals surface area contributed by atoms with Crippen LogP contribution >= 0.6 is 0 Å². The molecule has 0 unspecified atom stereocenters. The smallest absolute Gasteiger partial charge is 0.269 e. The van der Waals surface area contributed by atoms with Crippen LogP contribution in [0.1, 0.15) is 16.1 Å². The third kappa shape index (κ3) is 4.00. The van der Waals surface area contributed by atoms with Gasteiger partial charge in [-0.3, -0.25) is 9.78 Å². The van der Waals surface area contributed by atoms with Crippen molar-refractivity contribution in [3.63, 3.8) is 0 Å². The number of methoxy groups -OCH3 is 2. The second kappa shape index (κ2) is 7.31. The van der Waals surface area contributed by atoms with Gasteiger partial charge in [0.05, 0.1) is 14.2 Å². The number of nitrogens with zero attached hydrogens (tertiary/aromatic N) is 1. The molecule has 1 aromatic carbocycles. The Morgan fingerprint density at radius 1 is 1.13 bits per heavy atom. The number of amides is 1. The topological polar surface area (TPSA) is 69.7 Å². The highest BCUT2D eigenvalue weighted by Gasteiger charge is 2.09. The second-order valence-corrected chi connectivity index (χ2v) is 4.58. The van der Waals surface area contributed by atoms with Crippen LogP contribution in [-0.4, -0.2) is 32.2 Å². The molecule has 0 bridgehead atoms. The minimum Gasteiger partial charge on any atom is -0.497 e. The first-order chi connectivity index (χ1) is 11.1. The standard InChI is InChI=1S/C17H18N2O4/c1-11(21-3)12-7-14(22-4)9-15(8-12)23-13-5-6-19-16(10-13)17(20)18-2/h5-10H,1H2,2-4H3,(H,18,20). The summed E-state index contributed by atoms with van der Waals surface area (Å²) in [5, 5.41) is 2.52. The molecule has 0 aliphatic carbocycles. The predicted octanol–water partition coefficient (Wildman–Crippen LogP) is 2.86. The summed E-state index contributed by atoms with van der Waals surface area (Å²) in [4.78, 5) is 15.6. The number of carbonyl (C=O) groups excluding carboxylic acids is 1. The lowest BCUT2D eigenvalue weighted by atomic mass is 10.1. The average molecular weight is 314 g/mol. The van der Waals surface area contributed by atoms with Gasteiger partial charge in [-0.15, -0.1) is 0 Å². The normalized spacial score (nSPS) is 9.87. The zero-order valence-electron chi connectivity index (χ0n) is 13.3. The molecule has 2 rings (SSSR count). The molecular weight excluding hydrogens is 296 g/mol. The van der Waals surface area contributed by atoms with Gasteiger partial charge in [0, 0.05) is 30.9 Å². The average Bonchev–Trinajstić information content (AvgIpc) is 2.60. The lowest BCUT2D eigenvalue weighted by Crippen LogP contribution is -2.18.